The second-order valence-electron chi connectivity index (χ2n) is 13.4. The van der Waals surface area contributed by atoms with E-state index in [0.717, 1.165) is 0 Å². The lowest BCUT2D eigenvalue weighted by atomic mass is 9.82. The van der Waals surface area contributed by atoms with Gasteiger partial charge in [0.2, 0.25) is 23.6 Å². The van der Waals surface area contributed by atoms with E-state index in [4.69, 9.17) is 0 Å². The highest BCUT2D eigenvalue weighted by molar-refractivity contribution is 6.00. The first-order chi connectivity index (χ1) is 21.0. The van der Waals surface area contributed by atoms with E-state index in [1.165, 1.54) is 24.3 Å². The number of anilines is 2. The van der Waals surface area contributed by atoms with E-state index < -0.39 is 46.3 Å². The van der Waals surface area contributed by atoms with Crippen LogP contribution in [0.2, 0.25) is 0 Å². The van der Waals surface area contributed by atoms with Gasteiger partial charge < -0.3 is 10.6 Å². The molecule has 2 aromatic carbocycles. The summed E-state index contributed by atoms with van der Waals surface area (Å²) in [7, 11) is 0. The molecule has 0 aliphatic heterocycles. The van der Waals surface area contributed by atoms with E-state index in [1.54, 1.807) is 65.8 Å². The fourth-order valence-corrected chi connectivity index (χ4v) is 5.13. The molecule has 12 heteroatoms. The summed E-state index contributed by atoms with van der Waals surface area (Å²) in [5, 5.41) is 5.56. The SMILES string of the molecule is CC(C)(C)C(=O)Nc1ccc(C(=O)NNC(=O)[C@@H]2[C@@H](C(=O)NNC(=O)c3ccc(NC(=O)C(C)(C)C)cc3)[C@H]3C=C[C@H]2C3)cc1. The summed E-state index contributed by atoms with van der Waals surface area (Å²) in [5.41, 5.74) is 10.1. The molecule has 4 rings (SSSR count). The van der Waals surface area contributed by atoms with Crippen LogP contribution in [0.25, 0.3) is 0 Å². The molecule has 0 aromatic heterocycles. The molecule has 4 atom stereocenters. The molecule has 0 heterocycles. The topological polar surface area (TPSA) is 175 Å². The minimum Gasteiger partial charge on any atom is -0.326 e. The van der Waals surface area contributed by atoms with E-state index >= 15 is 0 Å². The number of hydrogen-bond donors (Lipinski definition) is 6. The van der Waals surface area contributed by atoms with Gasteiger partial charge in [-0.3, -0.25) is 50.5 Å². The molecule has 2 aromatic rings. The van der Waals surface area contributed by atoms with Gasteiger partial charge in [-0.2, -0.15) is 0 Å². The lowest BCUT2D eigenvalue weighted by Gasteiger charge is -2.26. The lowest BCUT2D eigenvalue weighted by molar-refractivity contribution is -0.136. The summed E-state index contributed by atoms with van der Waals surface area (Å²) in [6.45, 7) is 10.8. The predicted octanol–water partition coefficient (Wildman–Crippen LogP) is 3.32. The second-order valence-corrected chi connectivity index (χ2v) is 13.4. The molecule has 1 saturated carbocycles. The largest absolute Gasteiger partial charge is 0.326 e. The van der Waals surface area contributed by atoms with Gasteiger partial charge in [0.15, 0.2) is 0 Å². The molecule has 12 nitrogen and oxygen atoms in total. The van der Waals surface area contributed by atoms with Gasteiger partial charge >= 0.3 is 0 Å². The van der Waals surface area contributed by atoms with Gasteiger partial charge in [0.1, 0.15) is 0 Å². The molecule has 2 aliphatic rings. The number of hydrogen-bond acceptors (Lipinski definition) is 6. The summed E-state index contributed by atoms with van der Waals surface area (Å²) in [6, 6.07) is 12.5. The van der Waals surface area contributed by atoms with Gasteiger partial charge in [-0.25, -0.2) is 0 Å². The predicted molar refractivity (Wildman–Crippen MR) is 168 cm³/mol. The molecule has 0 radical (unpaired) electrons. The number of nitrogens with one attached hydrogen (secondary N) is 6. The molecule has 6 amide bonds. The molecule has 0 spiro atoms. The maximum absolute atomic E-state index is 13.2. The van der Waals surface area contributed by atoms with Crippen LogP contribution in [0.4, 0.5) is 11.4 Å². The first-order valence-electron chi connectivity index (χ1n) is 14.8. The van der Waals surface area contributed by atoms with Gasteiger partial charge in [-0.05, 0) is 66.8 Å². The highest BCUT2D eigenvalue weighted by atomic mass is 16.2. The van der Waals surface area contributed by atoms with Crippen molar-refractivity contribution in [3.05, 3.63) is 71.8 Å². The first kappa shape index (κ1) is 32.9. The number of carbonyl (C=O) groups excluding carboxylic acids is 6. The quantitative estimate of drug-likeness (QED) is 0.214. The standard InChI is InChI=1S/C33H40N6O6/c1-32(2,3)30(44)34-22-13-9-18(10-14-22)26(40)36-38-28(42)24-20-7-8-21(17-20)25(24)29(43)39-37-27(41)19-11-15-23(16-12-19)35-31(45)33(4,5)6/h7-16,20-21,24-25H,17H2,1-6H3,(H,34,44)(H,35,45)(H,36,40)(H,37,41)(H,38,42)(H,39,43)/t20-,21-,24-,25-/m0/s1. The molecule has 2 aliphatic carbocycles. The number of carbonyl (C=O) groups is 6. The van der Waals surface area contributed by atoms with E-state index in [2.05, 4.69) is 32.3 Å². The number of allylic oxidation sites excluding steroid dienone is 2. The zero-order valence-electron chi connectivity index (χ0n) is 26.2. The lowest BCUT2D eigenvalue weighted by Crippen LogP contribution is -2.52. The van der Waals surface area contributed by atoms with Gasteiger partial charge in [0, 0.05) is 33.3 Å². The third-order valence-electron chi connectivity index (χ3n) is 7.84. The van der Waals surface area contributed by atoms with Crippen molar-refractivity contribution in [2.45, 2.75) is 48.0 Å². The Morgan fingerprint density at radius 2 is 0.867 bits per heavy atom. The Labute approximate surface area is 262 Å². The summed E-state index contributed by atoms with van der Waals surface area (Å²) < 4.78 is 0. The minimum absolute atomic E-state index is 0.165. The molecule has 238 valence electrons. The smallest absolute Gasteiger partial charge is 0.269 e. The van der Waals surface area contributed by atoms with E-state index in [-0.39, 0.29) is 34.8 Å². The van der Waals surface area contributed by atoms with Crippen molar-refractivity contribution >= 4 is 46.8 Å². The summed E-state index contributed by atoms with van der Waals surface area (Å²) in [5.74, 6) is -4.39. The molecule has 0 unspecified atom stereocenters. The highest BCUT2D eigenvalue weighted by Crippen LogP contribution is 2.48. The van der Waals surface area contributed by atoms with Crippen molar-refractivity contribution in [2.24, 2.45) is 34.5 Å². The monoisotopic (exact) mass is 616 g/mol. The Morgan fingerprint density at radius 3 is 1.18 bits per heavy atom. The molecule has 2 bridgehead atoms. The molecule has 45 heavy (non-hydrogen) atoms. The number of benzene rings is 2. The van der Waals surface area contributed by atoms with Crippen molar-refractivity contribution in [3.63, 3.8) is 0 Å². The number of fused-ring (bicyclic) bond motifs is 2. The van der Waals surface area contributed by atoms with Crippen LogP contribution in [0.1, 0.15) is 68.7 Å². The molecular weight excluding hydrogens is 576 g/mol. The average molecular weight is 617 g/mol. The Kier molecular flexibility index (Phi) is 9.45. The van der Waals surface area contributed by atoms with Gasteiger partial charge in [0.05, 0.1) is 11.8 Å². The van der Waals surface area contributed by atoms with Crippen LogP contribution < -0.4 is 32.3 Å². The van der Waals surface area contributed by atoms with Crippen molar-refractivity contribution in [2.75, 3.05) is 10.6 Å². The van der Waals surface area contributed by atoms with Crippen molar-refractivity contribution in [1.82, 2.24) is 21.7 Å². The zero-order valence-corrected chi connectivity index (χ0v) is 26.2. The van der Waals surface area contributed by atoms with Crippen LogP contribution in [0, 0.1) is 34.5 Å². The third-order valence-corrected chi connectivity index (χ3v) is 7.84. The minimum atomic E-state index is -0.752. The maximum atomic E-state index is 13.2. The van der Waals surface area contributed by atoms with Crippen molar-refractivity contribution in [1.29, 1.82) is 0 Å². The molecule has 1 fully saturated rings. The Hall–Kier alpha value is -5.00. The van der Waals surface area contributed by atoms with Crippen LogP contribution in [-0.2, 0) is 19.2 Å². The summed E-state index contributed by atoms with van der Waals surface area (Å²) in [4.78, 5) is 76.1. The van der Waals surface area contributed by atoms with Gasteiger partial charge in [-0.15, -0.1) is 0 Å². The van der Waals surface area contributed by atoms with Crippen LogP contribution >= 0.6 is 0 Å². The van der Waals surface area contributed by atoms with Crippen LogP contribution in [0.5, 0.6) is 0 Å². The summed E-state index contributed by atoms with van der Waals surface area (Å²) >= 11 is 0. The number of hydrazine groups is 2. The highest BCUT2D eigenvalue weighted by Gasteiger charge is 2.51. The number of rotatable bonds is 6. The van der Waals surface area contributed by atoms with Crippen LogP contribution in [-0.4, -0.2) is 35.4 Å². The average Bonchev–Trinajstić information content (AvgIpc) is 3.60. The van der Waals surface area contributed by atoms with Gasteiger partial charge in [-0.1, -0.05) is 53.7 Å². The molecule has 0 saturated heterocycles. The third kappa shape index (κ3) is 7.94. The zero-order chi connectivity index (χ0) is 33.1. The fourth-order valence-electron chi connectivity index (χ4n) is 5.13. The van der Waals surface area contributed by atoms with Crippen molar-refractivity contribution in [3.8, 4) is 0 Å². The van der Waals surface area contributed by atoms with Gasteiger partial charge in [0.25, 0.3) is 11.8 Å². The Bertz CT molecular complexity index is 1410. The second kappa shape index (κ2) is 12.9. The van der Waals surface area contributed by atoms with E-state index in [0.29, 0.717) is 17.8 Å². The van der Waals surface area contributed by atoms with E-state index in [1.807, 2.05) is 12.2 Å². The van der Waals surface area contributed by atoms with Crippen LogP contribution in [0.3, 0.4) is 0 Å². The fraction of sp³-hybridized carbons (Fsp3) is 0.394. The Morgan fingerprint density at radius 1 is 0.533 bits per heavy atom. The number of amides is 6. The van der Waals surface area contributed by atoms with Crippen molar-refractivity contribution < 1.29 is 28.8 Å². The first-order valence-corrected chi connectivity index (χ1v) is 14.8. The van der Waals surface area contributed by atoms with E-state index in [9.17, 15) is 28.8 Å². The maximum Gasteiger partial charge on any atom is 0.269 e. The normalized spacial score (nSPS) is 20.1. The van der Waals surface area contributed by atoms with Crippen LogP contribution in [0.15, 0.2) is 60.7 Å². The molecular formula is C33H40N6O6. The summed E-state index contributed by atoms with van der Waals surface area (Å²) in [6.07, 6.45) is 4.38. The molecule has 6 N–H and O–H groups in total. The Balaban J connectivity index is 1.30.